The van der Waals surface area contributed by atoms with E-state index in [0.29, 0.717) is 16.3 Å². The smallest absolute Gasteiger partial charge is 0.282 e. The third-order valence-electron chi connectivity index (χ3n) is 8.26. The predicted octanol–water partition coefficient (Wildman–Crippen LogP) is 5.20. The molecule has 2 aromatic carbocycles. The maximum Gasteiger partial charge on any atom is 0.282 e. The van der Waals surface area contributed by atoms with Crippen LogP contribution in [-0.4, -0.2) is 34.4 Å². The van der Waals surface area contributed by atoms with Gasteiger partial charge in [0.25, 0.3) is 5.56 Å². The summed E-state index contributed by atoms with van der Waals surface area (Å²) in [5.41, 5.74) is 4.15. The van der Waals surface area contributed by atoms with Gasteiger partial charge >= 0.3 is 0 Å². The molecule has 0 atom stereocenters. The molecule has 1 saturated carbocycles. The number of aliphatic hydroxyl groups is 1. The summed E-state index contributed by atoms with van der Waals surface area (Å²) in [6.07, 6.45) is 8.75. The van der Waals surface area contributed by atoms with Gasteiger partial charge in [0.05, 0.1) is 27.0 Å². The van der Waals surface area contributed by atoms with Crippen molar-refractivity contribution in [1.82, 2.24) is 9.55 Å². The molecular formula is C27H30ClN3O2. The number of nitrogens with zero attached hydrogens (tertiary/aromatic N) is 3. The van der Waals surface area contributed by atoms with Crippen LogP contribution >= 0.6 is 11.6 Å². The molecule has 1 aromatic heterocycles. The molecule has 6 heteroatoms. The van der Waals surface area contributed by atoms with Crippen molar-refractivity contribution in [1.29, 1.82) is 0 Å². The van der Waals surface area contributed by atoms with E-state index in [1.807, 2.05) is 12.1 Å². The van der Waals surface area contributed by atoms with Crippen molar-refractivity contribution in [2.24, 2.45) is 5.92 Å². The minimum atomic E-state index is -0.217. The van der Waals surface area contributed by atoms with Crippen LogP contribution in [0.4, 0.5) is 5.69 Å². The number of rotatable bonds is 3. The molecule has 0 bridgehead atoms. The molecule has 1 N–H and O–H groups in total. The second kappa shape index (κ2) is 8.14. The molecule has 1 saturated heterocycles. The number of aliphatic hydroxyl groups excluding tert-OH is 1. The van der Waals surface area contributed by atoms with Crippen LogP contribution in [0.2, 0.25) is 5.02 Å². The maximum absolute atomic E-state index is 13.1. The summed E-state index contributed by atoms with van der Waals surface area (Å²) in [7, 11) is 0. The summed E-state index contributed by atoms with van der Waals surface area (Å²) in [6.45, 7) is 2.30. The lowest BCUT2D eigenvalue weighted by molar-refractivity contribution is 0.240. The van der Waals surface area contributed by atoms with Crippen LogP contribution in [0.3, 0.4) is 0 Å². The molecule has 172 valence electrons. The van der Waals surface area contributed by atoms with Gasteiger partial charge in [-0.05, 0) is 67.9 Å². The van der Waals surface area contributed by atoms with Crippen molar-refractivity contribution in [2.45, 2.75) is 56.8 Å². The largest absolute Gasteiger partial charge is 0.396 e. The number of hydrogen-bond donors (Lipinski definition) is 1. The van der Waals surface area contributed by atoms with Crippen LogP contribution in [0, 0.1) is 5.92 Å². The molecule has 0 unspecified atom stereocenters. The topological polar surface area (TPSA) is 58.4 Å². The number of anilines is 1. The van der Waals surface area contributed by atoms with Gasteiger partial charge in [-0.3, -0.25) is 9.36 Å². The van der Waals surface area contributed by atoms with E-state index in [1.54, 1.807) is 6.07 Å². The minimum absolute atomic E-state index is 0.185. The summed E-state index contributed by atoms with van der Waals surface area (Å²) < 4.78 is 2.23. The van der Waals surface area contributed by atoms with Gasteiger partial charge in [-0.2, -0.15) is 4.98 Å². The number of piperidine rings is 1. The average molecular weight is 464 g/mol. The lowest BCUT2D eigenvalue weighted by Gasteiger charge is -2.35. The molecule has 1 aliphatic carbocycles. The number of halogens is 1. The number of hydrogen-bond acceptors (Lipinski definition) is 4. The van der Waals surface area contributed by atoms with Gasteiger partial charge in [-0.25, -0.2) is 0 Å². The van der Waals surface area contributed by atoms with E-state index in [4.69, 9.17) is 16.6 Å². The van der Waals surface area contributed by atoms with Crippen molar-refractivity contribution in [3.8, 4) is 5.69 Å². The van der Waals surface area contributed by atoms with E-state index in [9.17, 15) is 9.90 Å². The molecule has 0 amide bonds. The normalized spacial score (nSPS) is 19.8. The molecule has 3 heterocycles. The molecule has 3 aromatic rings. The summed E-state index contributed by atoms with van der Waals surface area (Å²) in [4.78, 5) is 20.3. The molecule has 6 rings (SSSR count). The second-order valence-corrected chi connectivity index (χ2v) is 10.4. The zero-order chi connectivity index (χ0) is 22.6. The molecule has 1 spiro atoms. The third kappa shape index (κ3) is 3.23. The number of benzene rings is 2. The lowest BCUT2D eigenvalue weighted by Crippen LogP contribution is -2.34. The molecule has 5 nitrogen and oxygen atoms in total. The van der Waals surface area contributed by atoms with E-state index < -0.39 is 0 Å². The Balaban J connectivity index is 1.52. The van der Waals surface area contributed by atoms with Gasteiger partial charge in [-0.15, -0.1) is 0 Å². The van der Waals surface area contributed by atoms with E-state index in [-0.39, 0.29) is 17.6 Å². The van der Waals surface area contributed by atoms with E-state index in [2.05, 4.69) is 27.7 Å². The van der Waals surface area contributed by atoms with E-state index in [0.717, 1.165) is 75.1 Å². The standard InChI is InChI=1S/C27H30ClN3O2/c28-21-5-4-6-22-24(21)25(33)29-26-27(12-2-1-3-13-27)20-8-7-19(17-23(20)31(22)26)30-14-9-18(10-15-30)11-16-32/h4-8,17-18,32H,1-3,9-16H2. The fourth-order valence-electron chi connectivity index (χ4n) is 6.53. The van der Waals surface area contributed by atoms with Crippen molar-refractivity contribution in [3.05, 3.63) is 63.2 Å². The fourth-order valence-corrected chi connectivity index (χ4v) is 6.78. The minimum Gasteiger partial charge on any atom is -0.396 e. The Hall–Kier alpha value is -2.37. The first-order chi connectivity index (χ1) is 16.1. The molecule has 2 aliphatic heterocycles. The van der Waals surface area contributed by atoms with Crippen LogP contribution in [0.15, 0.2) is 41.2 Å². The molecule has 0 radical (unpaired) electrons. The average Bonchev–Trinajstić information content (AvgIpc) is 3.09. The Kier molecular flexibility index (Phi) is 5.22. The Morgan fingerprint density at radius 2 is 1.88 bits per heavy atom. The van der Waals surface area contributed by atoms with E-state index >= 15 is 0 Å². The Labute approximate surface area is 199 Å². The highest BCUT2D eigenvalue weighted by Crippen LogP contribution is 2.52. The van der Waals surface area contributed by atoms with E-state index in [1.165, 1.54) is 17.7 Å². The first-order valence-electron chi connectivity index (χ1n) is 12.3. The summed E-state index contributed by atoms with van der Waals surface area (Å²) in [5.74, 6) is 1.52. The highest BCUT2D eigenvalue weighted by atomic mass is 35.5. The molecular weight excluding hydrogens is 434 g/mol. The van der Waals surface area contributed by atoms with Crippen LogP contribution in [-0.2, 0) is 5.41 Å². The monoisotopic (exact) mass is 463 g/mol. The van der Waals surface area contributed by atoms with Crippen molar-refractivity contribution >= 4 is 28.2 Å². The first kappa shape index (κ1) is 21.2. The highest BCUT2D eigenvalue weighted by molar-refractivity contribution is 6.35. The molecule has 3 aliphatic rings. The predicted molar refractivity (Wildman–Crippen MR) is 133 cm³/mol. The van der Waals surface area contributed by atoms with Crippen molar-refractivity contribution in [2.75, 3.05) is 24.6 Å². The second-order valence-electron chi connectivity index (χ2n) is 10.00. The molecule has 33 heavy (non-hydrogen) atoms. The van der Waals surface area contributed by atoms with Gasteiger partial charge in [-0.1, -0.05) is 43.0 Å². The Morgan fingerprint density at radius 1 is 1.09 bits per heavy atom. The first-order valence-corrected chi connectivity index (χ1v) is 12.7. The quantitative estimate of drug-likeness (QED) is 0.579. The highest BCUT2D eigenvalue weighted by Gasteiger charge is 2.46. The Bertz CT molecular complexity index is 1270. The van der Waals surface area contributed by atoms with Crippen LogP contribution in [0.25, 0.3) is 16.6 Å². The zero-order valence-corrected chi connectivity index (χ0v) is 19.7. The summed E-state index contributed by atoms with van der Waals surface area (Å²) >= 11 is 6.48. The summed E-state index contributed by atoms with van der Waals surface area (Å²) in [6, 6.07) is 12.6. The van der Waals surface area contributed by atoms with Gasteiger partial charge in [0, 0.05) is 25.4 Å². The van der Waals surface area contributed by atoms with Crippen LogP contribution in [0.1, 0.15) is 62.8 Å². The molecule has 2 fully saturated rings. The Morgan fingerprint density at radius 3 is 2.64 bits per heavy atom. The van der Waals surface area contributed by atoms with Gasteiger partial charge in [0.1, 0.15) is 5.82 Å². The SMILES string of the molecule is O=c1nc2n(c3cccc(Cl)c13)-c1cc(N3CCC(CCO)CC3)ccc1C21CCCCC1. The van der Waals surface area contributed by atoms with Gasteiger partial charge in [0.2, 0.25) is 0 Å². The summed E-state index contributed by atoms with van der Waals surface area (Å²) in [5, 5.41) is 10.3. The van der Waals surface area contributed by atoms with Gasteiger partial charge in [0.15, 0.2) is 0 Å². The van der Waals surface area contributed by atoms with Crippen LogP contribution in [0.5, 0.6) is 0 Å². The zero-order valence-electron chi connectivity index (χ0n) is 18.9. The number of fused-ring (bicyclic) bond motifs is 7. The maximum atomic E-state index is 13.1. The van der Waals surface area contributed by atoms with Crippen molar-refractivity contribution < 1.29 is 5.11 Å². The van der Waals surface area contributed by atoms with Crippen LogP contribution < -0.4 is 10.5 Å². The van der Waals surface area contributed by atoms with Crippen molar-refractivity contribution in [3.63, 3.8) is 0 Å². The number of aromatic nitrogens is 2. The lowest BCUT2D eigenvalue weighted by atomic mass is 9.70. The third-order valence-corrected chi connectivity index (χ3v) is 8.57. The fraction of sp³-hybridized carbons (Fsp3) is 0.481. The van der Waals surface area contributed by atoms with Gasteiger partial charge < -0.3 is 10.0 Å².